The summed E-state index contributed by atoms with van der Waals surface area (Å²) in [4.78, 5) is 0. The summed E-state index contributed by atoms with van der Waals surface area (Å²) in [7, 11) is 0. The van der Waals surface area contributed by atoms with Gasteiger partial charge in [-0.15, -0.1) is 0 Å². The van der Waals surface area contributed by atoms with E-state index in [2.05, 4.69) is 58.2 Å². The van der Waals surface area contributed by atoms with E-state index in [0.717, 1.165) is 0 Å². The molecule has 0 saturated carbocycles. The molecule has 0 atom stereocenters. The molecule has 128 valence electrons. The second-order valence-corrected chi connectivity index (χ2v) is 20.2. The van der Waals surface area contributed by atoms with E-state index in [4.69, 9.17) is 0 Å². The quantitative estimate of drug-likeness (QED) is 0.304. The summed E-state index contributed by atoms with van der Waals surface area (Å²) in [6, 6.07) is 8.97. The van der Waals surface area contributed by atoms with Crippen molar-refractivity contribution in [3.8, 4) is 0 Å². The van der Waals surface area contributed by atoms with Gasteiger partial charge in [-0.1, -0.05) is 0 Å². The first kappa shape index (κ1) is 20.5. The van der Waals surface area contributed by atoms with E-state index in [1.807, 2.05) is 6.08 Å². The molecule has 0 aromatic heterocycles. The van der Waals surface area contributed by atoms with E-state index >= 15 is 0 Å². The molecule has 0 fully saturated rings. The van der Waals surface area contributed by atoms with Crippen LogP contribution in [0.4, 0.5) is 0 Å². The van der Waals surface area contributed by atoms with Crippen molar-refractivity contribution in [1.29, 1.82) is 0 Å². The van der Waals surface area contributed by atoms with E-state index in [1.54, 1.807) is 3.59 Å². The van der Waals surface area contributed by atoms with Gasteiger partial charge >= 0.3 is 149 Å². The predicted octanol–water partition coefficient (Wildman–Crippen LogP) is 7.73. The molecule has 0 amide bonds. The standard InChI is InChI=1S/C10H9.3C4H9.Sn/c1-3-9-5-7-10(4-2)8-6-9;3*1-3-4-2;/h3,5-8H,1-2H2;3*1,3-4H2,2H3;. The maximum absolute atomic E-state index is 4.68. The molecule has 0 aliphatic heterocycles. The first-order valence-corrected chi connectivity index (χ1v) is 17.0. The topological polar surface area (TPSA) is 0 Å². The Morgan fingerprint density at radius 3 is 1.65 bits per heavy atom. The average Bonchev–Trinajstić information content (AvgIpc) is 2.61. The van der Waals surface area contributed by atoms with Crippen molar-refractivity contribution in [3.05, 3.63) is 48.6 Å². The zero-order valence-corrected chi connectivity index (χ0v) is 18.5. The molecule has 1 rings (SSSR count). The molecule has 0 spiro atoms. The zero-order chi connectivity index (χ0) is 17.1. The summed E-state index contributed by atoms with van der Waals surface area (Å²) in [5.74, 6) is 0. The first-order valence-electron chi connectivity index (χ1n) is 9.55. The Hall–Kier alpha value is -0.501. The van der Waals surface area contributed by atoms with Gasteiger partial charge in [-0.25, -0.2) is 0 Å². The van der Waals surface area contributed by atoms with Gasteiger partial charge in [-0.05, 0) is 0 Å². The Morgan fingerprint density at radius 2 is 1.30 bits per heavy atom. The zero-order valence-electron chi connectivity index (χ0n) is 15.7. The Bertz CT molecular complexity index is 447. The summed E-state index contributed by atoms with van der Waals surface area (Å²) in [5, 5.41) is 0. The van der Waals surface area contributed by atoms with Gasteiger partial charge in [-0.3, -0.25) is 0 Å². The maximum atomic E-state index is 4.68. The van der Waals surface area contributed by atoms with Gasteiger partial charge in [-0.2, -0.15) is 0 Å². The van der Waals surface area contributed by atoms with E-state index in [9.17, 15) is 0 Å². The van der Waals surface area contributed by atoms with Crippen molar-refractivity contribution < 1.29 is 0 Å². The predicted molar refractivity (Wildman–Crippen MR) is 110 cm³/mol. The fourth-order valence-corrected chi connectivity index (χ4v) is 19.3. The monoisotopic (exact) mass is 420 g/mol. The number of hydrogen-bond acceptors (Lipinski definition) is 0. The van der Waals surface area contributed by atoms with Crippen LogP contribution in [0.5, 0.6) is 0 Å². The van der Waals surface area contributed by atoms with Crippen molar-refractivity contribution in [1.82, 2.24) is 0 Å². The number of rotatable bonds is 12. The molecule has 0 heterocycles. The minimum absolute atomic E-state index is 1.21. The summed E-state index contributed by atoms with van der Waals surface area (Å²) < 4.78 is 6.05. The van der Waals surface area contributed by atoms with Crippen molar-refractivity contribution in [2.45, 2.75) is 72.6 Å². The van der Waals surface area contributed by atoms with Crippen LogP contribution in [0.2, 0.25) is 13.3 Å². The van der Waals surface area contributed by atoms with Crippen LogP contribution in [0.15, 0.2) is 37.4 Å². The Labute approximate surface area is 149 Å². The van der Waals surface area contributed by atoms with Gasteiger partial charge in [0.2, 0.25) is 0 Å². The summed E-state index contributed by atoms with van der Waals surface area (Å²) in [6.45, 7) is 15.5. The Kier molecular flexibility index (Phi) is 9.93. The molecule has 1 heteroatoms. The third kappa shape index (κ3) is 6.14. The SMILES string of the molecule is C=Cc1ccc([C](=C)[Sn]([CH2]CCC)([CH2]CCC)[CH2]CCC)cc1. The molecule has 0 unspecified atom stereocenters. The van der Waals surface area contributed by atoms with Crippen LogP contribution in [-0.2, 0) is 0 Å². The minimum atomic E-state index is -2.34. The van der Waals surface area contributed by atoms with Crippen LogP contribution in [0.1, 0.15) is 70.4 Å². The summed E-state index contributed by atoms with van der Waals surface area (Å²) in [6.07, 6.45) is 10.1. The van der Waals surface area contributed by atoms with Crippen LogP contribution in [0.25, 0.3) is 9.67 Å². The van der Waals surface area contributed by atoms with Crippen molar-refractivity contribution >= 4 is 28.0 Å². The second kappa shape index (κ2) is 11.1. The van der Waals surface area contributed by atoms with Gasteiger partial charge in [0.05, 0.1) is 0 Å². The molecular formula is C22H36Sn. The normalized spacial score (nSPS) is 11.4. The summed E-state index contributed by atoms with van der Waals surface area (Å²) in [5.41, 5.74) is 2.62. The van der Waals surface area contributed by atoms with E-state index in [-0.39, 0.29) is 0 Å². The van der Waals surface area contributed by atoms with Crippen molar-refractivity contribution in [3.63, 3.8) is 0 Å². The number of hydrogen-bond donors (Lipinski definition) is 0. The molecule has 1 aromatic carbocycles. The van der Waals surface area contributed by atoms with Crippen LogP contribution < -0.4 is 0 Å². The van der Waals surface area contributed by atoms with E-state index in [1.165, 1.54) is 63.0 Å². The first-order chi connectivity index (χ1) is 11.1. The second-order valence-electron chi connectivity index (χ2n) is 6.90. The molecule has 23 heavy (non-hydrogen) atoms. The third-order valence-corrected chi connectivity index (χ3v) is 20.9. The number of benzene rings is 1. The average molecular weight is 419 g/mol. The fourth-order valence-electron chi connectivity index (χ4n) is 3.50. The van der Waals surface area contributed by atoms with Gasteiger partial charge in [0.15, 0.2) is 0 Å². The van der Waals surface area contributed by atoms with Gasteiger partial charge < -0.3 is 0 Å². The molecule has 0 radical (unpaired) electrons. The molecule has 1 aromatic rings. The molecule has 0 N–H and O–H groups in total. The Morgan fingerprint density at radius 1 is 0.870 bits per heavy atom. The molecule has 0 aliphatic carbocycles. The van der Waals surface area contributed by atoms with Crippen molar-refractivity contribution in [2.24, 2.45) is 0 Å². The molecular weight excluding hydrogens is 383 g/mol. The van der Waals surface area contributed by atoms with Gasteiger partial charge in [0.25, 0.3) is 0 Å². The fraction of sp³-hybridized carbons (Fsp3) is 0.545. The Balaban J connectivity index is 3.09. The van der Waals surface area contributed by atoms with Crippen LogP contribution in [0, 0.1) is 0 Å². The summed E-state index contributed by atoms with van der Waals surface area (Å²) >= 11 is -2.34. The van der Waals surface area contributed by atoms with E-state index < -0.39 is 18.4 Å². The third-order valence-electron chi connectivity index (χ3n) is 5.16. The number of unbranched alkanes of at least 4 members (excludes halogenated alkanes) is 3. The molecule has 0 saturated heterocycles. The van der Waals surface area contributed by atoms with Crippen LogP contribution in [-0.4, -0.2) is 18.4 Å². The van der Waals surface area contributed by atoms with Gasteiger partial charge in [0, 0.05) is 0 Å². The van der Waals surface area contributed by atoms with Crippen LogP contribution in [0.3, 0.4) is 0 Å². The molecule has 0 nitrogen and oxygen atoms in total. The molecule has 0 aliphatic rings. The molecule has 0 bridgehead atoms. The van der Waals surface area contributed by atoms with Gasteiger partial charge in [0.1, 0.15) is 0 Å². The van der Waals surface area contributed by atoms with Crippen molar-refractivity contribution in [2.75, 3.05) is 0 Å². The van der Waals surface area contributed by atoms with E-state index in [0.29, 0.717) is 0 Å². The van der Waals surface area contributed by atoms with Crippen LogP contribution >= 0.6 is 0 Å².